The van der Waals surface area contributed by atoms with E-state index in [1.165, 1.54) is 11.4 Å². The Labute approximate surface area is 167 Å². The van der Waals surface area contributed by atoms with Crippen LogP contribution in [0.3, 0.4) is 0 Å². The van der Waals surface area contributed by atoms with Crippen molar-refractivity contribution in [3.05, 3.63) is 89.5 Å². The summed E-state index contributed by atoms with van der Waals surface area (Å²) < 4.78 is 34.0. The summed E-state index contributed by atoms with van der Waals surface area (Å²) in [6, 6.07) is 21.7. The van der Waals surface area contributed by atoms with Crippen molar-refractivity contribution in [2.75, 3.05) is 11.4 Å². The molecule has 4 nitrogen and oxygen atoms in total. The maximum absolute atomic E-state index is 13.7. The number of anilines is 1. The molecule has 0 amide bonds. The van der Waals surface area contributed by atoms with Gasteiger partial charge in [0.25, 0.3) is 10.0 Å². The zero-order valence-corrected chi connectivity index (χ0v) is 17.4. The van der Waals surface area contributed by atoms with Crippen LogP contribution in [0.5, 0.6) is 5.75 Å². The van der Waals surface area contributed by atoms with E-state index >= 15 is 0 Å². The quantitative estimate of drug-likeness (QED) is 0.571. The lowest BCUT2D eigenvalue weighted by molar-refractivity contribution is 0.413. The van der Waals surface area contributed by atoms with Crippen LogP contribution in [-0.2, 0) is 10.0 Å². The molecule has 3 rings (SSSR count). The Morgan fingerprint density at radius 2 is 1.54 bits per heavy atom. The van der Waals surface area contributed by atoms with Crippen molar-refractivity contribution in [3.63, 3.8) is 0 Å². The Hall–Kier alpha value is -2.79. The van der Waals surface area contributed by atoms with Crippen LogP contribution in [0.2, 0.25) is 0 Å². The smallest absolute Gasteiger partial charge is 0.265 e. The number of ether oxygens (including phenoxy) is 1. The molecule has 3 aromatic carbocycles. The number of aryl methyl sites for hydroxylation is 2. The Morgan fingerprint density at radius 3 is 2.18 bits per heavy atom. The number of hydrogen-bond acceptors (Lipinski definition) is 3. The molecule has 0 radical (unpaired) electrons. The van der Waals surface area contributed by atoms with Gasteiger partial charge in [0, 0.05) is 6.07 Å². The van der Waals surface area contributed by atoms with Crippen molar-refractivity contribution >= 4 is 15.7 Å². The molecule has 0 fully saturated rings. The molecule has 0 spiro atoms. The third-order valence-corrected chi connectivity index (χ3v) is 6.66. The van der Waals surface area contributed by atoms with Crippen LogP contribution >= 0.6 is 0 Å². The molecule has 0 N–H and O–H groups in total. The molecule has 0 heterocycles. The summed E-state index contributed by atoms with van der Waals surface area (Å²) in [6.07, 6.45) is 0. The average molecular weight is 396 g/mol. The summed E-state index contributed by atoms with van der Waals surface area (Å²) in [5.74, 6) is 0.508. The highest BCUT2D eigenvalue weighted by atomic mass is 32.2. The van der Waals surface area contributed by atoms with Gasteiger partial charge in [-0.15, -0.1) is 0 Å². The van der Waals surface area contributed by atoms with Gasteiger partial charge in [0.1, 0.15) is 5.75 Å². The minimum absolute atomic E-state index is 0.201. The predicted molar refractivity (Wildman–Crippen MR) is 113 cm³/mol. The topological polar surface area (TPSA) is 46.6 Å². The first kappa shape index (κ1) is 20.0. The molecule has 0 aromatic heterocycles. The van der Waals surface area contributed by atoms with Crippen LogP contribution < -0.4 is 9.04 Å². The Kier molecular flexibility index (Phi) is 5.75. The van der Waals surface area contributed by atoms with Crippen molar-refractivity contribution in [1.29, 1.82) is 0 Å². The van der Waals surface area contributed by atoms with E-state index in [0.717, 1.165) is 16.7 Å². The Bertz CT molecular complexity index is 1060. The maximum atomic E-state index is 13.7. The van der Waals surface area contributed by atoms with Gasteiger partial charge in [-0.05, 0) is 56.2 Å². The van der Waals surface area contributed by atoms with E-state index in [4.69, 9.17) is 4.74 Å². The highest BCUT2D eigenvalue weighted by molar-refractivity contribution is 7.92. The second-order valence-corrected chi connectivity index (χ2v) is 8.72. The van der Waals surface area contributed by atoms with E-state index < -0.39 is 10.0 Å². The molecule has 0 saturated carbocycles. The van der Waals surface area contributed by atoms with Gasteiger partial charge < -0.3 is 4.74 Å². The summed E-state index contributed by atoms with van der Waals surface area (Å²) in [4.78, 5) is 0.201. The molecule has 3 aromatic rings. The molecule has 5 heteroatoms. The standard InChI is InChI=1S/C23H25NO3S/c1-17-11-13-20(14-12-17)19(3)24(21-8-5-7-18(2)15-21)28(25,26)23-10-6-9-22(16-23)27-4/h5-16,19H,1-4H3/t19-/m0/s1. The first-order valence-electron chi connectivity index (χ1n) is 9.14. The van der Waals surface area contributed by atoms with E-state index in [1.807, 2.05) is 69.3 Å². The van der Waals surface area contributed by atoms with Crippen molar-refractivity contribution in [3.8, 4) is 5.75 Å². The van der Waals surface area contributed by atoms with E-state index in [-0.39, 0.29) is 10.9 Å². The predicted octanol–water partition coefficient (Wildman–Crippen LogP) is 5.27. The fourth-order valence-corrected chi connectivity index (χ4v) is 4.86. The highest BCUT2D eigenvalue weighted by Gasteiger charge is 2.30. The molecule has 0 bridgehead atoms. The summed E-state index contributed by atoms with van der Waals surface area (Å²) in [5, 5.41) is 0. The zero-order chi connectivity index (χ0) is 20.3. The minimum atomic E-state index is -3.81. The third-order valence-electron chi connectivity index (χ3n) is 4.77. The van der Waals surface area contributed by atoms with E-state index in [0.29, 0.717) is 11.4 Å². The van der Waals surface area contributed by atoms with Gasteiger partial charge in [-0.25, -0.2) is 8.42 Å². The van der Waals surface area contributed by atoms with Gasteiger partial charge in [-0.3, -0.25) is 4.31 Å². The highest BCUT2D eigenvalue weighted by Crippen LogP contribution is 2.34. The van der Waals surface area contributed by atoms with Gasteiger partial charge in [-0.2, -0.15) is 0 Å². The minimum Gasteiger partial charge on any atom is -0.497 e. The molecular weight excluding hydrogens is 370 g/mol. The van der Waals surface area contributed by atoms with Gasteiger partial charge in [0.15, 0.2) is 0 Å². The van der Waals surface area contributed by atoms with Crippen LogP contribution in [0.25, 0.3) is 0 Å². The lowest BCUT2D eigenvalue weighted by Gasteiger charge is -2.31. The fraction of sp³-hybridized carbons (Fsp3) is 0.217. The van der Waals surface area contributed by atoms with E-state index in [2.05, 4.69) is 0 Å². The third kappa shape index (κ3) is 4.04. The van der Waals surface area contributed by atoms with Crippen molar-refractivity contribution in [1.82, 2.24) is 0 Å². The second-order valence-electron chi connectivity index (χ2n) is 6.91. The number of benzene rings is 3. The fourth-order valence-electron chi connectivity index (χ4n) is 3.19. The number of hydrogen-bond donors (Lipinski definition) is 0. The van der Waals surface area contributed by atoms with Gasteiger partial charge in [0.05, 0.1) is 23.7 Å². The van der Waals surface area contributed by atoms with Crippen LogP contribution in [0.15, 0.2) is 77.7 Å². The number of methoxy groups -OCH3 is 1. The van der Waals surface area contributed by atoms with Crippen LogP contribution in [0, 0.1) is 13.8 Å². The van der Waals surface area contributed by atoms with Crippen LogP contribution in [0.4, 0.5) is 5.69 Å². The lowest BCUT2D eigenvalue weighted by Crippen LogP contribution is -2.33. The Morgan fingerprint density at radius 1 is 0.857 bits per heavy atom. The molecule has 0 aliphatic rings. The monoisotopic (exact) mass is 395 g/mol. The molecule has 146 valence electrons. The molecule has 0 saturated heterocycles. The maximum Gasteiger partial charge on any atom is 0.265 e. The summed E-state index contributed by atoms with van der Waals surface area (Å²) in [5.41, 5.74) is 3.70. The van der Waals surface area contributed by atoms with Crippen molar-refractivity contribution in [2.24, 2.45) is 0 Å². The first-order valence-corrected chi connectivity index (χ1v) is 10.6. The van der Waals surface area contributed by atoms with E-state index in [9.17, 15) is 8.42 Å². The molecule has 0 aliphatic heterocycles. The number of nitrogens with zero attached hydrogens (tertiary/aromatic N) is 1. The Balaban J connectivity index is 2.16. The van der Waals surface area contributed by atoms with Crippen molar-refractivity contribution < 1.29 is 13.2 Å². The zero-order valence-electron chi connectivity index (χ0n) is 16.6. The molecule has 1 atom stereocenters. The SMILES string of the molecule is COc1cccc(S(=O)(=O)N(c2cccc(C)c2)[C@@H](C)c2ccc(C)cc2)c1. The average Bonchev–Trinajstić information content (AvgIpc) is 2.68. The second kappa shape index (κ2) is 8.07. The molecular formula is C23H25NO3S. The van der Waals surface area contributed by atoms with Crippen molar-refractivity contribution in [2.45, 2.75) is 31.7 Å². The largest absolute Gasteiger partial charge is 0.497 e. The van der Waals surface area contributed by atoms with E-state index in [1.54, 1.807) is 24.3 Å². The number of rotatable bonds is 6. The summed E-state index contributed by atoms with van der Waals surface area (Å²) in [6.45, 7) is 5.88. The molecule has 0 aliphatic carbocycles. The lowest BCUT2D eigenvalue weighted by atomic mass is 10.1. The first-order chi connectivity index (χ1) is 13.3. The summed E-state index contributed by atoms with van der Waals surface area (Å²) in [7, 11) is -2.28. The normalized spacial score (nSPS) is 12.4. The molecule has 28 heavy (non-hydrogen) atoms. The van der Waals surface area contributed by atoms with Crippen LogP contribution in [0.1, 0.15) is 29.7 Å². The van der Waals surface area contributed by atoms with Gasteiger partial charge in [0.2, 0.25) is 0 Å². The molecule has 0 unspecified atom stereocenters. The number of sulfonamides is 1. The van der Waals surface area contributed by atoms with Gasteiger partial charge in [-0.1, -0.05) is 48.0 Å². The van der Waals surface area contributed by atoms with Crippen LogP contribution in [-0.4, -0.2) is 15.5 Å². The van der Waals surface area contributed by atoms with Gasteiger partial charge >= 0.3 is 0 Å². The summed E-state index contributed by atoms with van der Waals surface area (Å²) >= 11 is 0.